The second-order valence-electron chi connectivity index (χ2n) is 5.44. The molecule has 0 aromatic heterocycles. The topological polar surface area (TPSA) is 56.3 Å². The van der Waals surface area contributed by atoms with E-state index < -0.39 is 0 Å². The minimum Gasteiger partial charge on any atom is -0.370 e. The first-order valence-corrected chi connectivity index (χ1v) is 7.37. The van der Waals surface area contributed by atoms with Gasteiger partial charge in [0.05, 0.1) is 11.3 Å². The van der Waals surface area contributed by atoms with Crippen molar-refractivity contribution in [2.75, 3.05) is 31.6 Å². The van der Waals surface area contributed by atoms with Gasteiger partial charge in [-0.1, -0.05) is 13.0 Å². The molecule has 108 valence electrons. The predicted molar refractivity (Wildman–Crippen MR) is 82.6 cm³/mol. The molecule has 1 aromatic rings. The minimum absolute atomic E-state index is 0.480. The van der Waals surface area contributed by atoms with E-state index in [0.717, 1.165) is 49.3 Å². The summed E-state index contributed by atoms with van der Waals surface area (Å²) in [5, 5.41) is 9.34. The molecule has 2 N–H and O–H groups in total. The summed E-state index contributed by atoms with van der Waals surface area (Å²) in [5.74, 6) is 0. The molecule has 1 aliphatic heterocycles. The van der Waals surface area contributed by atoms with Gasteiger partial charge in [0, 0.05) is 32.7 Å². The molecule has 0 radical (unpaired) electrons. The summed E-state index contributed by atoms with van der Waals surface area (Å²) in [6, 6.07) is 8.79. The first-order chi connectivity index (χ1) is 9.69. The van der Waals surface area contributed by atoms with Crippen LogP contribution in [-0.2, 0) is 6.54 Å². The number of nitriles is 1. The molecule has 1 saturated heterocycles. The molecule has 4 nitrogen and oxygen atoms in total. The Kier molecular flexibility index (Phi) is 4.99. The first-order valence-electron chi connectivity index (χ1n) is 7.37. The average Bonchev–Trinajstić information content (AvgIpc) is 2.53. The summed E-state index contributed by atoms with van der Waals surface area (Å²) in [5.41, 5.74) is 8.42. The average molecular weight is 272 g/mol. The van der Waals surface area contributed by atoms with Crippen LogP contribution in [0.4, 0.5) is 5.69 Å². The van der Waals surface area contributed by atoms with E-state index in [1.54, 1.807) is 0 Å². The van der Waals surface area contributed by atoms with Crippen molar-refractivity contribution in [2.24, 2.45) is 5.73 Å². The minimum atomic E-state index is 0.480. The molecule has 0 unspecified atom stereocenters. The van der Waals surface area contributed by atoms with Gasteiger partial charge in [0.25, 0.3) is 0 Å². The van der Waals surface area contributed by atoms with E-state index in [0.29, 0.717) is 12.6 Å². The van der Waals surface area contributed by atoms with Gasteiger partial charge in [0.15, 0.2) is 0 Å². The molecule has 0 spiro atoms. The van der Waals surface area contributed by atoms with Crippen LogP contribution in [-0.4, -0.2) is 37.6 Å². The lowest BCUT2D eigenvalue weighted by atomic mass is 10.0. The van der Waals surface area contributed by atoms with Crippen LogP contribution in [0.15, 0.2) is 18.2 Å². The summed E-state index contributed by atoms with van der Waals surface area (Å²) >= 11 is 0. The van der Waals surface area contributed by atoms with Gasteiger partial charge in [-0.05, 0) is 37.1 Å². The standard InChI is InChI=1S/C16H24N4/c1-3-20-8-6-15(7-9-20)19(2)16-5-4-13(11-17)10-14(16)12-18/h4-5,10,15H,3,6-9,11,17H2,1-2H3. The largest absolute Gasteiger partial charge is 0.370 e. The molecule has 1 heterocycles. The van der Waals surface area contributed by atoms with Gasteiger partial charge in [-0.2, -0.15) is 5.26 Å². The van der Waals surface area contributed by atoms with Crippen molar-refractivity contribution in [3.63, 3.8) is 0 Å². The molecule has 20 heavy (non-hydrogen) atoms. The van der Waals surface area contributed by atoms with E-state index in [9.17, 15) is 5.26 Å². The lowest BCUT2D eigenvalue weighted by Crippen LogP contribution is -2.43. The van der Waals surface area contributed by atoms with Crippen LogP contribution in [0.3, 0.4) is 0 Å². The Bertz CT molecular complexity index is 484. The summed E-state index contributed by atoms with van der Waals surface area (Å²) in [4.78, 5) is 4.75. The number of rotatable bonds is 4. The molecule has 0 amide bonds. The van der Waals surface area contributed by atoms with E-state index in [1.807, 2.05) is 18.2 Å². The van der Waals surface area contributed by atoms with Gasteiger partial charge < -0.3 is 15.5 Å². The number of likely N-dealkylation sites (tertiary alicyclic amines) is 1. The fourth-order valence-corrected chi connectivity index (χ4v) is 2.93. The zero-order valence-corrected chi connectivity index (χ0v) is 12.5. The quantitative estimate of drug-likeness (QED) is 0.910. The van der Waals surface area contributed by atoms with Crippen molar-refractivity contribution >= 4 is 5.69 Å². The lowest BCUT2D eigenvalue weighted by Gasteiger charge is -2.37. The zero-order chi connectivity index (χ0) is 14.5. The van der Waals surface area contributed by atoms with Crippen LogP contribution in [0.2, 0.25) is 0 Å². The Balaban J connectivity index is 2.13. The maximum Gasteiger partial charge on any atom is 0.101 e. The van der Waals surface area contributed by atoms with Crippen molar-refractivity contribution < 1.29 is 0 Å². The molecule has 0 bridgehead atoms. The molecule has 0 atom stereocenters. The van der Waals surface area contributed by atoms with Crippen molar-refractivity contribution in [1.82, 2.24) is 4.90 Å². The van der Waals surface area contributed by atoms with Crippen molar-refractivity contribution in [2.45, 2.75) is 32.4 Å². The molecule has 1 aliphatic rings. The van der Waals surface area contributed by atoms with Crippen molar-refractivity contribution in [3.8, 4) is 6.07 Å². The van der Waals surface area contributed by atoms with Gasteiger partial charge in [0.2, 0.25) is 0 Å². The first kappa shape index (κ1) is 14.8. The van der Waals surface area contributed by atoms with Crippen LogP contribution in [0.25, 0.3) is 0 Å². The lowest BCUT2D eigenvalue weighted by molar-refractivity contribution is 0.221. The third-order valence-electron chi connectivity index (χ3n) is 4.35. The zero-order valence-electron chi connectivity index (χ0n) is 12.5. The highest BCUT2D eigenvalue weighted by Gasteiger charge is 2.23. The Labute approximate surface area is 121 Å². The SMILES string of the molecule is CCN1CCC(N(C)c2ccc(CN)cc2C#N)CC1. The number of anilines is 1. The van der Waals surface area contributed by atoms with E-state index >= 15 is 0 Å². The summed E-state index contributed by atoms with van der Waals surface area (Å²) in [6.45, 7) is 6.12. The molecule has 0 saturated carbocycles. The van der Waals surface area contributed by atoms with E-state index in [-0.39, 0.29) is 0 Å². The van der Waals surface area contributed by atoms with Gasteiger partial charge >= 0.3 is 0 Å². The second-order valence-corrected chi connectivity index (χ2v) is 5.44. The number of hydrogen-bond donors (Lipinski definition) is 1. The van der Waals surface area contributed by atoms with E-state index in [1.165, 1.54) is 0 Å². The fourth-order valence-electron chi connectivity index (χ4n) is 2.93. The molecular formula is C16H24N4. The van der Waals surface area contributed by atoms with Crippen molar-refractivity contribution in [3.05, 3.63) is 29.3 Å². The number of nitrogens with zero attached hydrogens (tertiary/aromatic N) is 3. The normalized spacial score (nSPS) is 16.9. The van der Waals surface area contributed by atoms with Gasteiger partial charge in [0.1, 0.15) is 6.07 Å². The molecule has 1 aromatic carbocycles. The smallest absolute Gasteiger partial charge is 0.101 e. The predicted octanol–water partition coefficient (Wildman–Crippen LogP) is 1.94. The monoisotopic (exact) mass is 272 g/mol. The van der Waals surface area contributed by atoms with Crippen molar-refractivity contribution in [1.29, 1.82) is 5.26 Å². The second kappa shape index (κ2) is 6.74. The number of piperidine rings is 1. The third kappa shape index (κ3) is 3.12. The van der Waals surface area contributed by atoms with Crippen LogP contribution in [0.5, 0.6) is 0 Å². The number of nitrogens with two attached hydrogens (primary N) is 1. The highest BCUT2D eigenvalue weighted by molar-refractivity contribution is 5.60. The summed E-state index contributed by atoms with van der Waals surface area (Å²) in [6.07, 6.45) is 2.32. The molecule has 0 aliphatic carbocycles. The Hall–Kier alpha value is -1.57. The summed E-state index contributed by atoms with van der Waals surface area (Å²) < 4.78 is 0. The highest BCUT2D eigenvalue weighted by Crippen LogP contribution is 2.26. The van der Waals surface area contributed by atoms with Crippen LogP contribution in [0, 0.1) is 11.3 Å². The Morgan fingerprint density at radius 2 is 2.10 bits per heavy atom. The third-order valence-corrected chi connectivity index (χ3v) is 4.35. The van der Waals surface area contributed by atoms with Gasteiger partial charge in [-0.25, -0.2) is 0 Å². The highest BCUT2D eigenvalue weighted by atomic mass is 15.2. The van der Waals surface area contributed by atoms with E-state index in [2.05, 4.69) is 29.8 Å². The Morgan fingerprint density at radius 1 is 1.40 bits per heavy atom. The maximum atomic E-state index is 9.34. The molecule has 1 fully saturated rings. The molecule has 2 rings (SSSR count). The maximum absolute atomic E-state index is 9.34. The van der Waals surface area contributed by atoms with Crippen LogP contribution < -0.4 is 10.6 Å². The van der Waals surface area contributed by atoms with E-state index in [4.69, 9.17) is 5.73 Å². The van der Waals surface area contributed by atoms with Crippen LogP contribution in [0.1, 0.15) is 30.9 Å². The molecular weight excluding hydrogens is 248 g/mol. The fraction of sp³-hybridized carbons (Fsp3) is 0.562. The number of hydrogen-bond acceptors (Lipinski definition) is 4. The van der Waals surface area contributed by atoms with Gasteiger partial charge in [-0.3, -0.25) is 0 Å². The van der Waals surface area contributed by atoms with Gasteiger partial charge in [-0.15, -0.1) is 0 Å². The Morgan fingerprint density at radius 3 is 2.65 bits per heavy atom. The number of benzene rings is 1. The molecule has 4 heteroatoms. The van der Waals surface area contributed by atoms with Crippen LogP contribution >= 0.6 is 0 Å². The summed E-state index contributed by atoms with van der Waals surface area (Å²) in [7, 11) is 2.10.